The summed E-state index contributed by atoms with van der Waals surface area (Å²) in [5.41, 5.74) is 2.39. The molecule has 5 nitrogen and oxygen atoms in total. The molecule has 1 fully saturated rings. The average molecular weight is 400 g/mol. The Morgan fingerprint density at radius 3 is 2.45 bits per heavy atom. The lowest BCUT2D eigenvalue weighted by Gasteiger charge is -2.43. The van der Waals surface area contributed by atoms with E-state index in [2.05, 4.69) is 19.9 Å². The molecule has 158 valence electrons. The first-order valence-electron chi connectivity index (χ1n) is 10.2. The number of benzene rings is 1. The van der Waals surface area contributed by atoms with Gasteiger partial charge in [0.25, 0.3) is 0 Å². The van der Waals surface area contributed by atoms with Gasteiger partial charge in [-0.1, -0.05) is 47.6 Å². The minimum atomic E-state index is -0.907. The second-order valence-electron chi connectivity index (χ2n) is 8.56. The Labute approximate surface area is 174 Å². The highest BCUT2D eigenvalue weighted by Gasteiger charge is 2.50. The monoisotopic (exact) mass is 399 g/mol. The Hall–Kier alpha value is -2.40. The molecule has 5 heteroatoms. The third-order valence-electron chi connectivity index (χ3n) is 5.32. The molecular weight excluding hydrogens is 366 g/mol. The molecule has 2 rings (SSSR count). The van der Waals surface area contributed by atoms with E-state index in [0.717, 1.165) is 28.9 Å². The van der Waals surface area contributed by atoms with Gasteiger partial charge in [-0.2, -0.15) is 0 Å². The van der Waals surface area contributed by atoms with E-state index in [1.54, 1.807) is 13.8 Å². The number of aliphatic hydroxyl groups excluding tert-OH is 1. The Balaban J connectivity index is 2.17. The highest BCUT2D eigenvalue weighted by molar-refractivity contribution is 5.98. The van der Waals surface area contributed by atoms with Crippen LogP contribution in [0.1, 0.15) is 53.0 Å². The van der Waals surface area contributed by atoms with Crippen LogP contribution in [0.2, 0.25) is 0 Å². The van der Waals surface area contributed by atoms with Crippen LogP contribution in [0.5, 0.6) is 0 Å². The molecule has 0 radical (unpaired) electrons. The molecule has 2 atom stereocenters. The summed E-state index contributed by atoms with van der Waals surface area (Å²) in [6.07, 6.45) is 4.88. The van der Waals surface area contributed by atoms with Crippen molar-refractivity contribution < 1.29 is 19.4 Å². The summed E-state index contributed by atoms with van der Waals surface area (Å²) in [5.74, 6) is -0.318. The van der Waals surface area contributed by atoms with Gasteiger partial charge in [-0.05, 0) is 65.5 Å². The molecule has 1 aromatic rings. The fourth-order valence-electron chi connectivity index (χ4n) is 3.44. The lowest BCUT2D eigenvalue weighted by Crippen LogP contribution is -2.60. The SMILES string of the molecule is CC(C)=CCC/C(C)=C/C1OC(=O)N([C@@H](CO)Cc2ccccc2)C(=O)C1(C)C. The number of carbonyl (C=O) groups excluding carboxylic acids is 2. The molecule has 0 spiro atoms. The molecule has 1 aromatic carbocycles. The first-order valence-corrected chi connectivity index (χ1v) is 10.2. The van der Waals surface area contributed by atoms with E-state index in [0.29, 0.717) is 6.42 Å². The van der Waals surface area contributed by atoms with Crippen molar-refractivity contribution in [2.45, 2.75) is 66.0 Å². The molecule has 1 N–H and O–H groups in total. The van der Waals surface area contributed by atoms with Crippen molar-refractivity contribution in [3.05, 3.63) is 59.2 Å². The van der Waals surface area contributed by atoms with Crippen LogP contribution in [0.4, 0.5) is 4.79 Å². The summed E-state index contributed by atoms with van der Waals surface area (Å²) in [6.45, 7) is 9.38. The Morgan fingerprint density at radius 2 is 1.86 bits per heavy atom. The number of ether oxygens (including phenoxy) is 1. The van der Waals surface area contributed by atoms with Gasteiger partial charge in [0.05, 0.1) is 18.1 Å². The summed E-state index contributed by atoms with van der Waals surface area (Å²) >= 11 is 0. The van der Waals surface area contributed by atoms with Crippen LogP contribution in [0.3, 0.4) is 0 Å². The van der Waals surface area contributed by atoms with Crippen LogP contribution in [-0.2, 0) is 16.0 Å². The molecule has 1 saturated heterocycles. The zero-order valence-electron chi connectivity index (χ0n) is 18.1. The first-order chi connectivity index (χ1) is 13.7. The molecule has 1 aliphatic heterocycles. The van der Waals surface area contributed by atoms with Gasteiger partial charge in [0.1, 0.15) is 6.10 Å². The van der Waals surface area contributed by atoms with Gasteiger partial charge < -0.3 is 9.84 Å². The number of cyclic esters (lactones) is 1. The molecule has 0 saturated carbocycles. The second kappa shape index (κ2) is 9.88. The Bertz CT molecular complexity index is 775. The number of rotatable bonds is 8. The largest absolute Gasteiger partial charge is 0.440 e. The maximum absolute atomic E-state index is 13.2. The Kier molecular flexibility index (Phi) is 7.80. The highest BCUT2D eigenvalue weighted by Crippen LogP contribution is 2.35. The fourth-order valence-corrected chi connectivity index (χ4v) is 3.44. The first kappa shape index (κ1) is 22.9. The van der Waals surface area contributed by atoms with Crippen molar-refractivity contribution in [3.8, 4) is 0 Å². The minimum absolute atomic E-state index is 0.311. The number of imide groups is 1. The number of carbonyl (C=O) groups is 2. The van der Waals surface area contributed by atoms with Crippen LogP contribution >= 0.6 is 0 Å². The van der Waals surface area contributed by atoms with Gasteiger partial charge in [0, 0.05) is 0 Å². The standard InChI is InChI=1S/C24H33NO4/c1-17(2)10-9-11-18(3)14-21-24(4,5)22(27)25(23(28)29-21)20(16-26)15-19-12-7-6-8-13-19/h6-8,10,12-14,20-21,26H,9,11,15-16H2,1-5H3/b18-14+/t20-,21?/m1/s1. The fraction of sp³-hybridized carbons (Fsp3) is 0.500. The lowest BCUT2D eigenvalue weighted by atomic mass is 9.82. The quantitative estimate of drug-likeness (QED) is 0.646. The van der Waals surface area contributed by atoms with E-state index in [9.17, 15) is 14.7 Å². The van der Waals surface area contributed by atoms with Crippen LogP contribution < -0.4 is 0 Å². The van der Waals surface area contributed by atoms with Crippen molar-refractivity contribution in [3.63, 3.8) is 0 Å². The maximum Gasteiger partial charge on any atom is 0.417 e. The van der Waals surface area contributed by atoms with Crippen molar-refractivity contribution >= 4 is 12.0 Å². The molecular formula is C24H33NO4. The molecule has 2 amide bonds. The predicted octanol–water partition coefficient (Wildman–Crippen LogP) is 4.66. The Morgan fingerprint density at radius 1 is 1.21 bits per heavy atom. The van der Waals surface area contributed by atoms with Gasteiger partial charge in [-0.3, -0.25) is 4.79 Å². The van der Waals surface area contributed by atoms with E-state index in [-0.39, 0.29) is 12.5 Å². The maximum atomic E-state index is 13.2. The van der Waals surface area contributed by atoms with Crippen LogP contribution in [0.25, 0.3) is 0 Å². The van der Waals surface area contributed by atoms with E-state index < -0.39 is 23.7 Å². The zero-order valence-corrected chi connectivity index (χ0v) is 18.1. The van der Waals surface area contributed by atoms with Crippen LogP contribution in [0.15, 0.2) is 53.6 Å². The van der Waals surface area contributed by atoms with Gasteiger partial charge >= 0.3 is 6.09 Å². The number of hydrogen-bond donors (Lipinski definition) is 1. The molecule has 1 unspecified atom stereocenters. The second-order valence-corrected chi connectivity index (χ2v) is 8.56. The summed E-state index contributed by atoms with van der Waals surface area (Å²) in [6, 6.07) is 8.85. The minimum Gasteiger partial charge on any atom is -0.440 e. The molecule has 0 aromatic heterocycles. The average Bonchev–Trinajstić information content (AvgIpc) is 2.66. The zero-order chi connectivity index (χ0) is 21.6. The third-order valence-corrected chi connectivity index (χ3v) is 5.32. The molecule has 0 aliphatic carbocycles. The predicted molar refractivity (Wildman–Crippen MR) is 114 cm³/mol. The molecule has 1 heterocycles. The third kappa shape index (κ3) is 5.80. The number of amides is 2. The van der Waals surface area contributed by atoms with Crippen molar-refractivity contribution in [1.82, 2.24) is 4.90 Å². The summed E-state index contributed by atoms with van der Waals surface area (Å²) in [7, 11) is 0. The van der Waals surface area contributed by atoms with E-state index >= 15 is 0 Å². The number of allylic oxidation sites excluding steroid dienone is 3. The smallest absolute Gasteiger partial charge is 0.417 e. The van der Waals surface area contributed by atoms with Crippen LogP contribution in [0, 0.1) is 5.41 Å². The van der Waals surface area contributed by atoms with Crippen molar-refractivity contribution in [2.24, 2.45) is 5.41 Å². The number of aliphatic hydroxyl groups is 1. The van der Waals surface area contributed by atoms with E-state index in [1.165, 1.54) is 5.57 Å². The number of hydrogen-bond acceptors (Lipinski definition) is 4. The van der Waals surface area contributed by atoms with Gasteiger partial charge in [-0.15, -0.1) is 0 Å². The normalized spacial score (nSPS) is 20.3. The lowest BCUT2D eigenvalue weighted by molar-refractivity contribution is -0.154. The van der Waals surface area contributed by atoms with Gasteiger partial charge in [0.15, 0.2) is 0 Å². The molecule has 0 bridgehead atoms. The molecule has 29 heavy (non-hydrogen) atoms. The van der Waals surface area contributed by atoms with E-state index in [1.807, 2.05) is 43.3 Å². The summed E-state index contributed by atoms with van der Waals surface area (Å²) in [4.78, 5) is 27.0. The molecule has 1 aliphatic rings. The van der Waals surface area contributed by atoms with Crippen molar-refractivity contribution in [2.75, 3.05) is 6.61 Å². The van der Waals surface area contributed by atoms with Gasteiger partial charge in [0.2, 0.25) is 5.91 Å². The van der Waals surface area contributed by atoms with E-state index in [4.69, 9.17) is 4.74 Å². The van der Waals surface area contributed by atoms with Crippen LogP contribution in [-0.4, -0.2) is 40.8 Å². The summed E-state index contributed by atoms with van der Waals surface area (Å²) < 4.78 is 5.67. The van der Waals surface area contributed by atoms with Crippen molar-refractivity contribution in [1.29, 1.82) is 0 Å². The summed E-state index contributed by atoms with van der Waals surface area (Å²) in [5, 5.41) is 9.88. The van der Waals surface area contributed by atoms with Gasteiger partial charge in [-0.25, -0.2) is 9.69 Å². The number of nitrogens with zero attached hydrogens (tertiary/aromatic N) is 1. The highest BCUT2D eigenvalue weighted by atomic mass is 16.6. The topological polar surface area (TPSA) is 66.8 Å².